The van der Waals surface area contributed by atoms with Crippen LogP contribution in [-0.4, -0.2) is 0 Å². The topological polar surface area (TPSA) is 0 Å². The Balaban J connectivity index is 2.32. The lowest BCUT2D eigenvalue weighted by atomic mass is 10.1. The van der Waals surface area contributed by atoms with E-state index in [0.717, 1.165) is 4.48 Å². The molecule has 2 rings (SSSR count). The second kappa shape index (κ2) is 3.75. The third kappa shape index (κ3) is 1.99. The molecule has 1 aromatic carbocycles. The summed E-state index contributed by atoms with van der Waals surface area (Å²) in [4.78, 5) is 0. The van der Waals surface area contributed by atoms with E-state index in [9.17, 15) is 0 Å². The van der Waals surface area contributed by atoms with E-state index in [1.165, 1.54) is 11.1 Å². The Labute approximate surface area is 86.4 Å². The van der Waals surface area contributed by atoms with Crippen LogP contribution >= 0.6 is 15.9 Å². The van der Waals surface area contributed by atoms with E-state index in [0.29, 0.717) is 0 Å². The summed E-state index contributed by atoms with van der Waals surface area (Å²) in [6.45, 7) is 0. The molecular formula is C12H9Br. The molecule has 0 N–H and O–H groups in total. The van der Waals surface area contributed by atoms with Gasteiger partial charge in [0.25, 0.3) is 0 Å². The number of hydrogen-bond acceptors (Lipinski definition) is 0. The first-order valence-electron chi connectivity index (χ1n) is 4.17. The number of halogens is 1. The minimum atomic E-state index is 1.15. The number of benzene rings is 1. The summed E-state index contributed by atoms with van der Waals surface area (Å²) in [6.07, 6.45) is 8.34. The molecular weight excluding hydrogens is 224 g/mol. The molecule has 0 bridgehead atoms. The van der Waals surface area contributed by atoms with Crippen LogP contribution in [0.1, 0.15) is 5.56 Å². The molecule has 0 nitrogen and oxygen atoms in total. The van der Waals surface area contributed by atoms with Gasteiger partial charge in [-0.3, -0.25) is 0 Å². The highest BCUT2D eigenvalue weighted by atomic mass is 79.9. The maximum atomic E-state index is 3.49. The normalized spacial score (nSPS) is 17.9. The van der Waals surface area contributed by atoms with E-state index in [1.54, 1.807) is 0 Å². The fourth-order valence-electron chi connectivity index (χ4n) is 1.26. The van der Waals surface area contributed by atoms with Crippen molar-refractivity contribution < 1.29 is 0 Å². The number of rotatable bonds is 1. The van der Waals surface area contributed by atoms with Crippen molar-refractivity contribution in [3.05, 3.63) is 64.2 Å². The van der Waals surface area contributed by atoms with Crippen LogP contribution in [0, 0.1) is 0 Å². The minimum absolute atomic E-state index is 1.15. The predicted molar refractivity (Wildman–Crippen MR) is 60.6 cm³/mol. The Kier molecular flexibility index (Phi) is 2.46. The lowest BCUT2D eigenvalue weighted by Gasteiger charge is -1.96. The molecule has 0 unspecified atom stereocenters. The summed E-state index contributed by atoms with van der Waals surface area (Å²) >= 11 is 3.49. The highest BCUT2D eigenvalue weighted by Crippen LogP contribution is 2.25. The van der Waals surface area contributed by atoms with Gasteiger partial charge in [-0.15, -0.1) is 0 Å². The Morgan fingerprint density at radius 2 is 1.85 bits per heavy atom. The van der Waals surface area contributed by atoms with Gasteiger partial charge < -0.3 is 0 Å². The van der Waals surface area contributed by atoms with Gasteiger partial charge in [-0.1, -0.05) is 58.4 Å². The molecule has 64 valence electrons. The van der Waals surface area contributed by atoms with E-state index in [4.69, 9.17) is 0 Å². The van der Waals surface area contributed by atoms with Crippen molar-refractivity contribution >= 4 is 22.0 Å². The molecule has 1 aliphatic carbocycles. The third-order valence-corrected chi connectivity index (χ3v) is 2.64. The number of hydrogen-bond donors (Lipinski definition) is 0. The van der Waals surface area contributed by atoms with Gasteiger partial charge in [0.15, 0.2) is 0 Å². The SMILES string of the molecule is BrC1=CC=C/C1=C/c1ccccc1. The molecule has 0 radical (unpaired) electrons. The van der Waals surface area contributed by atoms with E-state index in [1.807, 2.05) is 24.3 Å². The first-order chi connectivity index (χ1) is 6.36. The minimum Gasteiger partial charge on any atom is -0.0622 e. The molecule has 0 saturated carbocycles. The zero-order valence-electron chi connectivity index (χ0n) is 7.07. The molecule has 1 aromatic rings. The zero-order valence-corrected chi connectivity index (χ0v) is 8.66. The molecule has 0 fully saturated rings. The quantitative estimate of drug-likeness (QED) is 0.689. The van der Waals surface area contributed by atoms with Gasteiger partial charge in [-0.05, 0) is 23.3 Å². The molecule has 0 spiro atoms. The molecule has 0 atom stereocenters. The average molecular weight is 233 g/mol. The van der Waals surface area contributed by atoms with E-state index in [-0.39, 0.29) is 0 Å². The second-order valence-corrected chi connectivity index (χ2v) is 3.74. The number of allylic oxidation sites excluding steroid dienone is 5. The van der Waals surface area contributed by atoms with E-state index < -0.39 is 0 Å². The summed E-state index contributed by atoms with van der Waals surface area (Å²) in [5.74, 6) is 0. The van der Waals surface area contributed by atoms with Gasteiger partial charge in [0, 0.05) is 4.48 Å². The fraction of sp³-hybridized carbons (Fsp3) is 0. The lowest BCUT2D eigenvalue weighted by molar-refractivity contribution is 1.64. The fourth-order valence-corrected chi connectivity index (χ4v) is 1.66. The zero-order chi connectivity index (χ0) is 9.10. The van der Waals surface area contributed by atoms with Gasteiger partial charge in [-0.25, -0.2) is 0 Å². The average Bonchev–Trinajstić information content (AvgIpc) is 2.54. The van der Waals surface area contributed by atoms with Crippen molar-refractivity contribution in [1.29, 1.82) is 0 Å². The van der Waals surface area contributed by atoms with Crippen LogP contribution in [0.5, 0.6) is 0 Å². The summed E-state index contributed by atoms with van der Waals surface area (Å²) in [5.41, 5.74) is 2.46. The molecule has 0 saturated heterocycles. The lowest BCUT2D eigenvalue weighted by Crippen LogP contribution is -1.74. The monoisotopic (exact) mass is 232 g/mol. The van der Waals surface area contributed by atoms with Crippen LogP contribution in [0.15, 0.2) is 58.6 Å². The molecule has 1 heteroatoms. The maximum absolute atomic E-state index is 3.49. The molecule has 0 heterocycles. The molecule has 13 heavy (non-hydrogen) atoms. The van der Waals surface area contributed by atoms with Crippen molar-refractivity contribution in [2.45, 2.75) is 0 Å². The summed E-state index contributed by atoms with van der Waals surface area (Å²) < 4.78 is 1.15. The summed E-state index contributed by atoms with van der Waals surface area (Å²) in [5, 5.41) is 0. The largest absolute Gasteiger partial charge is 0.0622 e. The van der Waals surface area contributed by atoms with Gasteiger partial charge in [0.05, 0.1) is 0 Å². The van der Waals surface area contributed by atoms with Crippen molar-refractivity contribution in [1.82, 2.24) is 0 Å². The van der Waals surface area contributed by atoms with E-state index in [2.05, 4.69) is 46.3 Å². The first-order valence-corrected chi connectivity index (χ1v) is 4.96. The van der Waals surface area contributed by atoms with Gasteiger partial charge >= 0.3 is 0 Å². The Morgan fingerprint density at radius 1 is 1.08 bits per heavy atom. The highest BCUT2D eigenvalue weighted by molar-refractivity contribution is 9.12. The smallest absolute Gasteiger partial charge is 0.0247 e. The van der Waals surface area contributed by atoms with Crippen LogP contribution in [0.25, 0.3) is 6.08 Å². The Hall–Kier alpha value is -1.08. The molecule has 0 aromatic heterocycles. The third-order valence-electron chi connectivity index (χ3n) is 1.92. The Bertz CT molecular complexity index is 383. The first kappa shape index (κ1) is 8.52. The van der Waals surface area contributed by atoms with Gasteiger partial charge in [0.2, 0.25) is 0 Å². The molecule has 1 aliphatic rings. The van der Waals surface area contributed by atoms with Crippen LogP contribution in [-0.2, 0) is 0 Å². The van der Waals surface area contributed by atoms with Crippen molar-refractivity contribution in [3.8, 4) is 0 Å². The van der Waals surface area contributed by atoms with Crippen molar-refractivity contribution in [3.63, 3.8) is 0 Å². The summed E-state index contributed by atoms with van der Waals surface area (Å²) in [7, 11) is 0. The van der Waals surface area contributed by atoms with Gasteiger partial charge in [-0.2, -0.15) is 0 Å². The van der Waals surface area contributed by atoms with Gasteiger partial charge in [0.1, 0.15) is 0 Å². The standard InChI is InChI=1S/C12H9Br/c13-12-8-4-7-11(12)9-10-5-2-1-3-6-10/h1-9H/b11-9-. The molecule has 0 aliphatic heterocycles. The predicted octanol–water partition coefficient (Wildman–Crippen LogP) is 3.92. The van der Waals surface area contributed by atoms with Crippen molar-refractivity contribution in [2.75, 3.05) is 0 Å². The Morgan fingerprint density at radius 3 is 2.46 bits per heavy atom. The highest BCUT2D eigenvalue weighted by Gasteiger charge is 2.01. The van der Waals surface area contributed by atoms with E-state index >= 15 is 0 Å². The van der Waals surface area contributed by atoms with Crippen LogP contribution < -0.4 is 0 Å². The molecule has 0 amide bonds. The maximum Gasteiger partial charge on any atom is 0.0247 e. The van der Waals surface area contributed by atoms with Crippen LogP contribution in [0.4, 0.5) is 0 Å². The van der Waals surface area contributed by atoms with Crippen LogP contribution in [0.3, 0.4) is 0 Å². The second-order valence-electron chi connectivity index (χ2n) is 2.88. The van der Waals surface area contributed by atoms with Crippen molar-refractivity contribution in [2.24, 2.45) is 0 Å². The van der Waals surface area contributed by atoms with Crippen LogP contribution in [0.2, 0.25) is 0 Å². The summed E-state index contributed by atoms with van der Waals surface area (Å²) in [6, 6.07) is 10.3.